The van der Waals surface area contributed by atoms with Gasteiger partial charge in [-0.2, -0.15) is 0 Å². The molecule has 1 fully saturated rings. The first-order valence-corrected chi connectivity index (χ1v) is 10.2. The Bertz CT molecular complexity index is 587. The molecule has 0 radical (unpaired) electrons. The second kappa shape index (κ2) is 11.1. The predicted molar refractivity (Wildman–Crippen MR) is 111 cm³/mol. The van der Waals surface area contributed by atoms with E-state index in [1.807, 2.05) is 31.2 Å². The molecule has 1 amide bonds. The Labute approximate surface area is 163 Å². The zero-order valence-electron chi connectivity index (χ0n) is 15.9. The summed E-state index contributed by atoms with van der Waals surface area (Å²) in [5, 5.41) is 0.340. The van der Waals surface area contributed by atoms with Gasteiger partial charge < -0.3 is 4.74 Å². The molecule has 0 N–H and O–H groups in total. The third-order valence-electron chi connectivity index (χ3n) is 4.98. The van der Waals surface area contributed by atoms with Crippen molar-refractivity contribution in [2.24, 2.45) is 5.92 Å². The van der Waals surface area contributed by atoms with Gasteiger partial charge in [-0.3, -0.25) is 9.69 Å². The number of nitrogens with zero attached hydrogens (tertiary/aromatic N) is 1. The van der Waals surface area contributed by atoms with Crippen LogP contribution in [-0.2, 0) is 16.0 Å². The highest BCUT2D eigenvalue weighted by atomic mass is 32.1. The summed E-state index contributed by atoms with van der Waals surface area (Å²) in [5.74, 6) is 0.0983. The summed E-state index contributed by atoms with van der Waals surface area (Å²) in [6, 6.07) is 10.2. The van der Waals surface area contributed by atoms with E-state index in [-0.39, 0.29) is 17.9 Å². The highest BCUT2D eigenvalue weighted by molar-refractivity contribution is 7.80. The first-order valence-electron chi connectivity index (χ1n) is 9.78. The summed E-state index contributed by atoms with van der Waals surface area (Å²) < 4.78 is 5.53. The first-order chi connectivity index (χ1) is 12.6. The van der Waals surface area contributed by atoms with Gasteiger partial charge in [-0.15, -0.1) is 6.58 Å². The number of amides is 1. The molecule has 2 rings (SSSR count). The second-order valence-corrected chi connectivity index (χ2v) is 7.51. The number of unbranched alkanes of at least 4 members (excludes halogenated alkanes) is 5. The summed E-state index contributed by atoms with van der Waals surface area (Å²) in [6.07, 6.45) is 10.7. The maximum absolute atomic E-state index is 12.9. The Kier molecular flexibility index (Phi) is 8.82. The van der Waals surface area contributed by atoms with Crippen LogP contribution in [0.2, 0.25) is 0 Å². The SMILES string of the molecule is C=CCCCCCCC[C@@H](C)C(=O)N1C(=S)OC[C@H]1Cc1ccccc1. The third-order valence-corrected chi connectivity index (χ3v) is 5.29. The molecule has 26 heavy (non-hydrogen) atoms. The van der Waals surface area contributed by atoms with Crippen molar-refractivity contribution >= 4 is 23.3 Å². The van der Waals surface area contributed by atoms with E-state index < -0.39 is 0 Å². The van der Waals surface area contributed by atoms with Gasteiger partial charge in [0.1, 0.15) is 6.61 Å². The van der Waals surface area contributed by atoms with Crippen molar-refractivity contribution < 1.29 is 9.53 Å². The van der Waals surface area contributed by atoms with Crippen LogP contribution in [0.15, 0.2) is 43.0 Å². The maximum atomic E-state index is 12.9. The Morgan fingerprint density at radius 1 is 1.27 bits per heavy atom. The summed E-state index contributed by atoms with van der Waals surface area (Å²) in [5.41, 5.74) is 1.20. The average Bonchev–Trinajstić information content (AvgIpc) is 3.01. The lowest BCUT2D eigenvalue weighted by atomic mass is 9.99. The van der Waals surface area contributed by atoms with E-state index in [4.69, 9.17) is 17.0 Å². The van der Waals surface area contributed by atoms with Crippen molar-refractivity contribution in [3.63, 3.8) is 0 Å². The number of hydrogen-bond donors (Lipinski definition) is 0. The van der Waals surface area contributed by atoms with E-state index in [0.29, 0.717) is 11.8 Å². The quantitative estimate of drug-likeness (QED) is 0.300. The molecule has 4 heteroatoms. The average molecular weight is 374 g/mol. The minimum atomic E-state index is -0.0129. The lowest BCUT2D eigenvalue weighted by molar-refractivity contribution is -0.132. The van der Waals surface area contributed by atoms with Gasteiger partial charge in [0.2, 0.25) is 5.91 Å². The lowest BCUT2D eigenvalue weighted by Crippen LogP contribution is -2.42. The Balaban J connectivity index is 1.79. The van der Waals surface area contributed by atoms with E-state index in [1.54, 1.807) is 4.90 Å². The number of hydrogen-bond acceptors (Lipinski definition) is 3. The van der Waals surface area contributed by atoms with Gasteiger partial charge in [0.25, 0.3) is 5.17 Å². The van der Waals surface area contributed by atoms with Crippen LogP contribution in [0.25, 0.3) is 0 Å². The zero-order valence-corrected chi connectivity index (χ0v) is 16.7. The smallest absolute Gasteiger partial charge is 0.266 e. The van der Waals surface area contributed by atoms with Gasteiger partial charge >= 0.3 is 0 Å². The highest BCUT2D eigenvalue weighted by Crippen LogP contribution is 2.22. The summed E-state index contributed by atoms with van der Waals surface area (Å²) in [6.45, 7) is 6.26. The number of thiocarbonyl (C=S) groups is 1. The van der Waals surface area contributed by atoms with Crippen molar-refractivity contribution in [1.29, 1.82) is 0 Å². The van der Waals surface area contributed by atoms with Crippen LogP contribution in [0.3, 0.4) is 0 Å². The molecule has 2 atom stereocenters. The minimum absolute atomic E-state index is 0.0127. The number of benzene rings is 1. The molecule has 0 unspecified atom stereocenters. The van der Waals surface area contributed by atoms with Gasteiger partial charge in [0.05, 0.1) is 6.04 Å². The fourth-order valence-corrected chi connectivity index (χ4v) is 3.70. The molecule has 142 valence electrons. The van der Waals surface area contributed by atoms with Crippen LogP contribution in [0.4, 0.5) is 0 Å². The molecule has 1 aromatic rings. The van der Waals surface area contributed by atoms with Gasteiger partial charge in [0.15, 0.2) is 0 Å². The summed E-state index contributed by atoms with van der Waals surface area (Å²) >= 11 is 5.30. The van der Waals surface area contributed by atoms with Gasteiger partial charge in [-0.1, -0.05) is 69.0 Å². The van der Waals surface area contributed by atoms with E-state index in [2.05, 4.69) is 18.7 Å². The van der Waals surface area contributed by atoms with Crippen LogP contribution in [0, 0.1) is 5.92 Å². The van der Waals surface area contributed by atoms with Crippen LogP contribution in [-0.4, -0.2) is 28.6 Å². The van der Waals surface area contributed by atoms with Gasteiger partial charge in [-0.05, 0) is 43.5 Å². The van der Waals surface area contributed by atoms with Crippen molar-refractivity contribution in [3.8, 4) is 0 Å². The van der Waals surface area contributed by atoms with Crippen molar-refractivity contribution in [3.05, 3.63) is 48.6 Å². The number of rotatable bonds is 11. The molecule has 1 aliphatic rings. The van der Waals surface area contributed by atoms with Gasteiger partial charge in [-0.25, -0.2) is 0 Å². The molecular weight excluding hydrogens is 342 g/mol. The lowest BCUT2D eigenvalue weighted by Gasteiger charge is -2.24. The molecule has 3 nitrogen and oxygen atoms in total. The third kappa shape index (κ3) is 6.24. The Morgan fingerprint density at radius 2 is 1.96 bits per heavy atom. The van der Waals surface area contributed by atoms with Crippen LogP contribution in [0.1, 0.15) is 57.4 Å². The zero-order chi connectivity index (χ0) is 18.8. The second-order valence-electron chi connectivity index (χ2n) is 7.16. The topological polar surface area (TPSA) is 29.5 Å². The molecule has 0 saturated carbocycles. The Morgan fingerprint density at radius 3 is 2.69 bits per heavy atom. The summed E-state index contributed by atoms with van der Waals surface area (Å²) in [7, 11) is 0. The number of allylic oxidation sites excluding steroid dienone is 1. The number of carbonyl (C=O) groups excluding carboxylic acids is 1. The molecule has 1 aliphatic heterocycles. The maximum Gasteiger partial charge on any atom is 0.266 e. The minimum Gasteiger partial charge on any atom is -0.468 e. The van der Waals surface area contributed by atoms with Crippen LogP contribution < -0.4 is 0 Å². The monoisotopic (exact) mass is 373 g/mol. The molecule has 1 saturated heterocycles. The largest absolute Gasteiger partial charge is 0.468 e. The fourth-order valence-electron chi connectivity index (χ4n) is 3.40. The van der Waals surface area contributed by atoms with E-state index >= 15 is 0 Å². The molecule has 0 aromatic heterocycles. The van der Waals surface area contributed by atoms with Crippen molar-refractivity contribution in [2.45, 2.75) is 64.3 Å². The molecule has 0 aliphatic carbocycles. The van der Waals surface area contributed by atoms with E-state index in [0.717, 1.165) is 25.7 Å². The summed E-state index contributed by atoms with van der Waals surface area (Å²) in [4.78, 5) is 14.6. The van der Waals surface area contributed by atoms with E-state index in [1.165, 1.54) is 31.2 Å². The van der Waals surface area contributed by atoms with Crippen LogP contribution >= 0.6 is 12.2 Å². The highest BCUT2D eigenvalue weighted by Gasteiger charge is 2.36. The number of carbonyl (C=O) groups is 1. The van der Waals surface area contributed by atoms with Crippen molar-refractivity contribution in [2.75, 3.05) is 6.61 Å². The number of ether oxygens (including phenoxy) is 1. The molecule has 0 spiro atoms. The standard InChI is InChI=1S/C22H31NO2S/c1-3-4-5-6-7-8-10-13-18(2)21(24)23-20(17-25-22(23)26)16-19-14-11-9-12-15-19/h3,9,11-12,14-15,18,20H,1,4-8,10,13,16-17H2,2H3/t18-,20-/m1/s1. The van der Waals surface area contributed by atoms with Crippen LogP contribution in [0.5, 0.6) is 0 Å². The van der Waals surface area contributed by atoms with Gasteiger partial charge in [0, 0.05) is 5.92 Å². The molecule has 1 heterocycles. The fraction of sp³-hybridized carbons (Fsp3) is 0.545. The molecule has 0 bridgehead atoms. The molecular formula is C22H31NO2S. The Hall–Kier alpha value is -1.68. The van der Waals surface area contributed by atoms with Crippen molar-refractivity contribution in [1.82, 2.24) is 4.90 Å². The molecule has 1 aromatic carbocycles. The van der Waals surface area contributed by atoms with E-state index in [9.17, 15) is 4.79 Å². The first kappa shape index (κ1) is 20.6. The normalized spacial score (nSPS) is 17.8. The predicted octanol–water partition coefficient (Wildman–Crippen LogP) is 5.29.